The average molecular weight is 297 g/mol. The molecule has 2 aromatic carbocycles. The Hall–Kier alpha value is -2.33. The highest BCUT2D eigenvalue weighted by Gasteiger charge is 2.47. The second-order valence-corrected chi connectivity index (χ2v) is 5.63. The number of rotatable bonds is 3. The molecule has 0 aliphatic carbocycles. The van der Waals surface area contributed by atoms with Crippen LogP contribution in [0.2, 0.25) is 0 Å². The molecule has 1 aliphatic rings. The van der Waals surface area contributed by atoms with E-state index < -0.39 is 17.7 Å². The first-order chi connectivity index (χ1) is 10.6. The van der Waals surface area contributed by atoms with E-state index in [0.29, 0.717) is 13.0 Å². The fourth-order valence-electron chi connectivity index (χ4n) is 3.37. The molecule has 1 atom stereocenters. The number of carboxylic acid groups (broad SMARTS) is 1. The third-order valence-corrected chi connectivity index (χ3v) is 4.41. The number of hydrogen-bond donors (Lipinski definition) is 2. The van der Waals surface area contributed by atoms with E-state index >= 15 is 0 Å². The fourth-order valence-corrected chi connectivity index (χ4v) is 3.37. The van der Waals surface area contributed by atoms with Crippen LogP contribution in [0.25, 0.3) is 0 Å². The van der Waals surface area contributed by atoms with E-state index in [2.05, 4.69) is 0 Å². The van der Waals surface area contributed by atoms with Crippen molar-refractivity contribution >= 4 is 6.09 Å². The topological polar surface area (TPSA) is 60.8 Å². The number of likely N-dealkylation sites (tertiary alicyclic amines) is 1. The van der Waals surface area contributed by atoms with Gasteiger partial charge in [0.05, 0.1) is 6.04 Å². The van der Waals surface area contributed by atoms with E-state index in [1.807, 2.05) is 60.7 Å². The van der Waals surface area contributed by atoms with Gasteiger partial charge in [-0.1, -0.05) is 60.7 Å². The number of nitrogens with zero attached hydrogens (tertiary/aromatic N) is 1. The van der Waals surface area contributed by atoms with E-state index in [9.17, 15) is 15.0 Å². The zero-order valence-corrected chi connectivity index (χ0v) is 12.2. The zero-order valence-electron chi connectivity index (χ0n) is 12.2. The van der Waals surface area contributed by atoms with Gasteiger partial charge in [-0.25, -0.2) is 4.79 Å². The van der Waals surface area contributed by atoms with Crippen molar-refractivity contribution in [2.24, 2.45) is 0 Å². The van der Waals surface area contributed by atoms with Gasteiger partial charge in [0.25, 0.3) is 0 Å². The maximum absolute atomic E-state index is 11.6. The van der Waals surface area contributed by atoms with Gasteiger partial charge in [-0.15, -0.1) is 0 Å². The summed E-state index contributed by atoms with van der Waals surface area (Å²) in [7, 11) is 0. The van der Waals surface area contributed by atoms with Crippen LogP contribution in [0.15, 0.2) is 60.7 Å². The van der Waals surface area contributed by atoms with Gasteiger partial charge in [0.2, 0.25) is 0 Å². The van der Waals surface area contributed by atoms with Crippen LogP contribution in [0, 0.1) is 0 Å². The van der Waals surface area contributed by atoms with E-state index in [1.165, 1.54) is 4.90 Å². The fraction of sp³-hybridized carbons (Fsp3) is 0.278. The molecule has 1 amide bonds. The summed E-state index contributed by atoms with van der Waals surface area (Å²) in [6, 6.07) is 18.2. The quantitative estimate of drug-likeness (QED) is 0.915. The molecule has 0 bridgehead atoms. The van der Waals surface area contributed by atoms with Crippen molar-refractivity contribution in [2.45, 2.75) is 24.5 Å². The van der Waals surface area contributed by atoms with Crippen molar-refractivity contribution in [3.05, 3.63) is 71.8 Å². The molecule has 0 saturated carbocycles. The number of benzene rings is 2. The van der Waals surface area contributed by atoms with Gasteiger partial charge in [-0.3, -0.25) is 0 Å². The lowest BCUT2D eigenvalue weighted by Crippen LogP contribution is -2.50. The highest BCUT2D eigenvalue weighted by Crippen LogP contribution is 2.40. The molecule has 1 saturated heterocycles. The molecule has 0 spiro atoms. The normalized spacial score (nSPS) is 18.4. The number of hydrogen-bond acceptors (Lipinski definition) is 2. The van der Waals surface area contributed by atoms with E-state index in [0.717, 1.165) is 17.5 Å². The molecule has 0 unspecified atom stereocenters. The zero-order chi connectivity index (χ0) is 15.6. The molecule has 3 rings (SSSR count). The van der Waals surface area contributed by atoms with E-state index in [1.54, 1.807) is 0 Å². The SMILES string of the molecule is O=C(O)N1CCC[C@H]1C(O)(c1ccccc1)c1ccccc1. The summed E-state index contributed by atoms with van der Waals surface area (Å²) in [5.41, 5.74) is 0.107. The Bertz CT molecular complexity index is 602. The van der Waals surface area contributed by atoms with Crippen molar-refractivity contribution < 1.29 is 15.0 Å². The van der Waals surface area contributed by atoms with E-state index in [-0.39, 0.29) is 0 Å². The molecule has 4 heteroatoms. The molecule has 2 N–H and O–H groups in total. The Kier molecular flexibility index (Phi) is 3.86. The van der Waals surface area contributed by atoms with Gasteiger partial charge in [0.15, 0.2) is 0 Å². The molecule has 2 aromatic rings. The Balaban J connectivity index is 2.14. The Morgan fingerprint density at radius 2 is 1.50 bits per heavy atom. The third kappa shape index (κ3) is 2.35. The number of carbonyl (C=O) groups is 1. The predicted molar refractivity (Wildman–Crippen MR) is 83.6 cm³/mol. The van der Waals surface area contributed by atoms with Gasteiger partial charge in [0.1, 0.15) is 5.60 Å². The highest BCUT2D eigenvalue weighted by atomic mass is 16.4. The largest absolute Gasteiger partial charge is 0.465 e. The van der Waals surface area contributed by atoms with Gasteiger partial charge < -0.3 is 15.1 Å². The minimum absolute atomic E-state index is 0.460. The summed E-state index contributed by atoms with van der Waals surface area (Å²) in [5.74, 6) is 0. The predicted octanol–water partition coefficient (Wildman–Crippen LogP) is 3.06. The summed E-state index contributed by atoms with van der Waals surface area (Å²) >= 11 is 0. The lowest BCUT2D eigenvalue weighted by molar-refractivity contribution is 0.000683. The monoisotopic (exact) mass is 297 g/mol. The van der Waals surface area contributed by atoms with Gasteiger partial charge >= 0.3 is 6.09 Å². The molecule has 4 nitrogen and oxygen atoms in total. The van der Waals surface area contributed by atoms with Crippen molar-refractivity contribution in [2.75, 3.05) is 6.54 Å². The van der Waals surface area contributed by atoms with Crippen molar-refractivity contribution in [1.29, 1.82) is 0 Å². The molecule has 1 fully saturated rings. The maximum Gasteiger partial charge on any atom is 0.407 e. The summed E-state index contributed by atoms with van der Waals surface area (Å²) in [6.07, 6.45) is 0.429. The lowest BCUT2D eigenvalue weighted by atomic mass is 9.79. The molecular weight excluding hydrogens is 278 g/mol. The summed E-state index contributed by atoms with van der Waals surface area (Å²) in [6.45, 7) is 0.460. The molecule has 22 heavy (non-hydrogen) atoms. The maximum atomic E-state index is 11.6. The first-order valence-electron chi connectivity index (χ1n) is 7.47. The van der Waals surface area contributed by atoms with Crippen LogP contribution in [0.4, 0.5) is 4.79 Å². The summed E-state index contributed by atoms with van der Waals surface area (Å²) < 4.78 is 0. The first-order valence-corrected chi connectivity index (χ1v) is 7.47. The minimum Gasteiger partial charge on any atom is -0.465 e. The molecule has 0 radical (unpaired) electrons. The smallest absolute Gasteiger partial charge is 0.407 e. The van der Waals surface area contributed by atoms with Crippen LogP contribution in [0.5, 0.6) is 0 Å². The molecule has 114 valence electrons. The van der Waals surface area contributed by atoms with Crippen LogP contribution in [-0.4, -0.2) is 33.8 Å². The van der Waals surface area contributed by atoms with Crippen molar-refractivity contribution in [3.63, 3.8) is 0 Å². The van der Waals surface area contributed by atoms with Gasteiger partial charge in [-0.2, -0.15) is 0 Å². The Morgan fingerprint density at radius 3 is 1.95 bits per heavy atom. The van der Waals surface area contributed by atoms with E-state index in [4.69, 9.17) is 0 Å². The second-order valence-electron chi connectivity index (χ2n) is 5.63. The van der Waals surface area contributed by atoms with Gasteiger partial charge in [0, 0.05) is 6.54 Å². The standard InChI is InChI=1S/C18H19NO3/c20-17(21)19-13-7-12-16(19)18(22,14-8-3-1-4-9-14)15-10-5-2-6-11-15/h1-6,8-11,16,22H,7,12-13H2,(H,20,21)/t16-/m0/s1. The van der Waals surface area contributed by atoms with Crippen LogP contribution >= 0.6 is 0 Å². The molecule has 0 aromatic heterocycles. The minimum atomic E-state index is -1.34. The van der Waals surface area contributed by atoms with Crippen molar-refractivity contribution in [1.82, 2.24) is 4.90 Å². The number of aliphatic hydroxyl groups is 1. The summed E-state index contributed by atoms with van der Waals surface area (Å²) in [4.78, 5) is 12.9. The molecule has 1 aliphatic heterocycles. The van der Waals surface area contributed by atoms with Crippen molar-refractivity contribution in [3.8, 4) is 0 Å². The van der Waals surface area contributed by atoms with Crippen LogP contribution in [0.3, 0.4) is 0 Å². The summed E-state index contributed by atoms with van der Waals surface area (Å²) in [5, 5.41) is 21.0. The van der Waals surface area contributed by atoms with Crippen LogP contribution in [-0.2, 0) is 5.60 Å². The second kappa shape index (κ2) is 5.81. The molecular formula is C18H19NO3. The third-order valence-electron chi connectivity index (χ3n) is 4.41. The van der Waals surface area contributed by atoms with Gasteiger partial charge in [-0.05, 0) is 24.0 Å². The Morgan fingerprint density at radius 1 is 1.00 bits per heavy atom. The highest BCUT2D eigenvalue weighted by molar-refractivity contribution is 5.66. The Labute approximate surface area is 129 Å². The lowest BCUT2D eigenvalue weighted by Gasteiger charge is -2.39. The van der Waals surface area contributed by atoms with Crippen LogP contribution < -0.4 is 0 Å². The average Bonchev–Trinajstić information content (AvgIpc) is 3.06. The number of amides is 1. The van der Waals surface area contributed by atoms with Crippen LogP contribution in [0.1, 0.15) is 24.0 Å². The first kappa shape index (κ1) is 14.6. The molecule has 1 heterocycles.